The van der Waals surface area contributed by atoms with E-state index in [0.29, 0.717) is 18.0 Å². The summed E-state index contributed by atoms with van der Waals surface area (Å²) < 4.78 is 5.40. The molecular formula is C10H18N2O2S. The molecule has 3 N–H and O–H groups in total. The van der Waals surface area contributed by atoms with Crippen LogP contribution < -0.4 is 11.1 Å². The predicted molar refractivity (Wildman–Crippen MR) is 62.6 cm³/mol. The first-order chi connectivity index (χ1) is 7.09. The molecule has 0 spiro atoms. The van der Waals surface area contributed by atoms with Crippen molar-refractivity contribution in [3.8, 4) is 0 Å². The molecule has 0 aliphatic carbocycles. The van der Waals surface area contributed by atoms with Crippen LogP contribution in [0, 0.1) is 5.92 Å². The summed E-state index contributed by atoms with van der Waals surface area (Å²) in [6.45, 7) is 3.23. The van der Waals surface area contributed by atoms with Crippen LogP contribution in [-0.4, -0.2) is 30.2 Å². The molecule has 4 nitrogen and oxygen atoms in total. The van der Waals surface area contributed by atoms with E-state index in [1.807, 2.05) is 6.92 Å². The lowest BCUT2D eigenvalue weighted by atomic mass is 10.1. The number of amides is 1. The Balaban J connectivity index is 2.19. The molecule has 2 unspecified atom stereocenters. The standard InChI is InChI=1S/C10H18N2O2S/c1-7(5-9(11)15)10(13)12-6-8-3-2-4-14-8/h7-8H,2-6H2,1H3,(H2,11,15)(H,12,13). The molecule has 0 aromatic rings. The predicted octanol–water partition coefficient (Wildman–Crippen LogP) is 0.594. The molecule has 1 aliphatic rings. The summed E-state index contributed by atoms with van der Waals surface area (Å²) in [5.74, 6) is -0.151. The zero-order chi connectivity index (χ0) is 11.3. The Kier molecular flexibility index (Phi) is 4.98. The maximum Gasteiger partial charge on any atom is 0.223 e. The number of rotatable bonds is 5. The quantitative estimate of drug-likeness (QED) is 0.679. The smallest absolute Gasteiger partial charge is 0.223 e. The molecular weight excluding hydrogens is 212 g/mol. The summed E-state index contributed by atoms with van der Waals surface area (Å²) in [5.41, 5.74) is 5.38. The first kappa shape index (κ1) is 12.4. The molecule has 2 atom stereocenters. The highest BCUT2D eigenvalue weighted by atomic mass is 32.1. The summed E-state index contributed by atoms with van der Waals surface area (Å²) in [6, 6.07) is 0. The van der Waals surface area contributed by atoms with E-state index in [0.717, 1.165) is 19.4 Å². The molecule has 15 heavy (non-hydrogen) atoms. The van der Waals surface area contributed by atoms with E-state index >= 15 is 0 Å². The average molecular weight is 230 g/mol. The van der Waals surface area contributed by atoms with Crippen molar-refractivity contribution in [3.05, 3.63) is 0 Å². The van der Waals surface area contributed by atoms with E-state index in [9.17, 15) is 4.79 Å². The normalized spacial score (nSPS) is 22.3. The van der Waals surface area contributed by atoms with Gasteiger partial charge in [-0.25, -0.2) is 0 Å². The molecule has 1 fully saturated rings. The van der Waals surface area contributed by atoms with E-state index in [1.54, 1.807) is 0 Å². The summed E-state index contributed by atoms with van der Waals surface area (Å²) in [4.78, 5) is 11.9. The van der Waals surface area contributed by atoms with Crippen molar-refractivity contribution in [1.29, 1.82) is 0 Å². The first-order valence-corrected chi connectivity index (χ1v) is 5.68. The molecule has 0 aromatic carbocycles. The Labute approximate surface area is 95.5 Å². The van der Waals surface area contributed by atoms with Crippen LogP contribution in [0.2, 0.25) is 0 Å². The van der Waals surface area contributed by atoms with Crippen molar-refractivity contribution in [2.24, 2.45) is 11.7 Å². The Morgan fingerprint density at radius 3 is 3.00 bits per heavy atom. The van der Waals surface area contributed by atoms with Crippen molar-refractivity contribution in [1.82, 2.24) is 5.32 Å². The molecule has 1 heterocycles. The van der Waals surface area contributed by atoms with Gasteiger partial charge in [-0.2, -0.15) is 0 Å². The van der Waals surface area contributed by atoms with Crippen LogP contribution in [0.25, 0.3) is 0 Å². The van der Waals surface area contributed by atoms with Crippen LogP contribution in [0.3, 0.4) is 0 Å². The van der Waals surface area contributed by atoms with Crippen molar-refractivity contribution < 1.29 is 9.53 Å². The third kappa shape index (κ3) is 4.57. The molecule has 0 aromatic heterocycles. The molecule has 0 saturated carbocycles. The van der Waals surface area contributed by atoms with Crippen LogP contribution in [0.1, 0.15) is 26.2 Å². The highest BCUT2D eigenvalue weighted by Gasteiger charge is 2.18. The summed E-state index contributed by atoms with van der Waals surface area (Å²) in [6.07, 6.45) is 2.77. The Bertz CT molecular complexity index is 240. The van der Waals surface area contributed by atoms with Crippen LogP contribution in [-0.2, 0) is 9.53 Å². The number of nitrogens with one attached hydrogen (secondary N) is 1. The maximum absolute atomic E-state index is 11.6. The average Bonchev–Trinajstić information content (AvgIpc) is 2.65. The number of hydrogen-bond donors (Lipinski definition) is 2. The van der Waals surface area contributed by atoms with E-state index in [-0.39, 0.29) is 17.9 Å². The van der Waals surface area contributed by atoms with Gasteiger partial charge >= 0.3 is 0 Å². The van der Waals surface area contributed by atoms with Crippen molar-refractivity contribution in [2.45, 2.75) is 32.3 Å². The molecule has 0 radical (unpaired) electrons. The van der Waals surface area contributed by atoms with E-state index in [2.05, 4.69) is 5.32 Å². The van der Waals surface area contributed by atoms with Gasteiger partial charge in [0.05, 0.1) is 11.1 Å². The largest absolute Gasteiger partial charge is 0.393 e. The third-order valence-electron chi connectivity index (χ3n) is 2.48. The number of carbonyl (C=O) groups is 1. The second kappa shape index (κ2) is 6.02. The Morgan fingerprint density at radius 1 is 1.73 bits per heavy atom. The number of thiocarbonyl (C=S) groups is 1. The van der Waals surface area contributed by atoms with Gasteiger partial charge < -0.3 is 15.8 Å². The lowest BCUT2D eigenvalue weighted by Gasteiger charge is -2.14. The first-order valence-electron chi connectivity index (χ1n) is 5.27. The Morgan fingerprint density at radius 2 is 2.47 bits per heavy atom. The van der Waals surface area contributed by atoms with Gasteiger partial charge in [0.15, 0.2) is 0 Å². The van der Waals surface area contributed by atoms with Crippen molar-refractivity contribution >= 4 is 23.1 Å². The monoisotopic (exact) mass is 230 g/mol. The van der Waals surface area contributed by atoms with Gasteiger partial charge in [0, 0.05) is 25.5 Å². The highest BCUT2D eigenvalue weighted by molar-refractivity contribution is 7.80. The van der Waals surface area contributed by atoms with Crippen molar-refractivity contribution in [3.63, 3.8) is 0 Å². The van der Waals surface area contributed by atoms with Gasteiger partial charge in [0.25, 0.3) is 0 Å². The minimum Gasteiger partial charge on any atom is -0.393 e. The topological polar surface area (TPSA) is 64.4 Å². The molecule has 1 aliphatic heterocycles. The number of nitrogens with two attached hydrogens (primary N) is 1. The van der Waals surface area contributed by atoms with E-state index in [4.69, 9.17) is 22.7 Å². The van der Waals surface area contributed by atoms with Crippen LogP contribution in [0.4, 0.5) is 0 Å². The number of ether oxygens (including phenoxy) is 1. The van der Waals surface area contributed by atoms with E-state index < -0.39 is 0 Å². The lowest BCUT2D eigenvalue weighted by Crippen LogP contribution is -2.36. The van der Waals surface area contributed by atoms with Gasteiger partial charge in [-0.1, -0.05) is 19.1 Å². The minimum atomic E-state index is -0.149. The maximum atomic E-state index is 11.6. The SMILES string of the molecule is CC(CC(N)=S)C(=O)NCC1CCCO1. The summed E-state index contributed by atoms with van der Waals surface area (Å²) in [7, 11) is 0. The van der Waals surface area contributed by atoms with Crippen molar-refractivity contribution in [2.75, 3.05) is 13.2 Å². The summed E-state index contributed by atoms with van der Waals surface area (Å²) in [5, 5.41) is 2.85. The van der Waals surface area contributed by atoms with Crippen LogP contribution in [0.15, 0.2) is 0 Å². The fraction of sp³-hybridized carbons (Fsp3) is 0.800. The second-order valence-electron chi connectivity index (χ2n) is 3.95. The zero-order valence-electron chi connectivity index (χ0n) is 8.99. The number of carbonyl (C=O) groups excluding carboxylic acids is 1. The molecule has 5 heteroatoms. The second-order valence-corrected chi connectivity index (χ2v) is 4.48. The molecule has 1 rings (SSSR count). The summed E-state index contributed by atoms with van der Waals surface area (Å²) >= 11 is 4.76. The van der Waals surface area contributed by atoms with Gasteiger partial charge in [-0.15, -0.1) is 0 Å². The van der Waals surface area contributed by atoms with E-state index in [1.165, 1.54) is 0 Å². The third-order valence-corrected chi connectivity index (χ3v) is 2.65. The number of hydrogen-bond acceptors (Lipinski definition) is 3. The van der Waals surface area contributed by atoms with Crippen LogP contribution >= 0.6 is 12.2 Å². The molecule has 86 valence electrons. The van der Waals surface area contributed by atoms with Gasteiger partial charge in [-0.3, -0.25) is 4.79 Å². The molecule has 0 bridgehead atoms. The lowest BCUT2D eigenvalue weighted by molar-refractivity contribution is -0.124. The van der Waals surface area contributed by atoms with Crippen LogP contribution in [0.5, 0.6) is 0 Å². The molecule has 1 saturated heterocycles. The Hall–Kier alpha value is -0.680. The van der Waals surface area contributed by atoms with Gasteiger partial charge in [0.1, 0.15) is 0 Å². The minimum absolute atomic E-state index is 0.00157. The zero-order valence-corrected chi connectivity index (χ0v) is 9.81. The highest BCUT2D eigenvalue weighted by Crippen LogP contribution is 2.11. The molecule has 1 amide bonds. The van der Waals surface area contributed by atoms with Gasteiger partial charge in [0.2, 0.25) is 5.91 Å². The van der Waals surface area contributed by atoms with Gasteiger partial charge in [-0.05, 0) is 12.8 Å². The fourth-order valence-electron chi connectivity index (χ4n) is 1.59. The fourth-order valence-corrected chi connectivity index (χ4v) is 1.84.